The fourth-order valence-electron chi connectivity index (χ4n) is 3.01. The Balaban J connectivity index is 1.97. The molecule has 0 aliphatic carbocycles. The van der Waals surface area contributed by atoms with Gasteiger partial charge in [0.25, 0.3) is 0 Å². The highest BCUT2D eigenvalue weighted by atomic mass is 16.5. The average Bonchev–Trinajstić information content (AvgIpc) is 2.86. The number of fused-ring (bicyclic) bond motifs is 1. The van der Waals surface area contributed by atoms with Crippen molar-refractivity contribution in [2.45, 2.75) is 26.0 Å². The molecule has 1 fully saturated rings. The van der Waals surface area contributed by atoms with Crippen molar-refractivity contribution in [3.05, 3.63) is 30.1 Å². The second-order valence-corrected chi connectivity index (χ2v) is 5.50. The standard InChI is InChI=1S/C15H22N4O/c1-11-6-8-18(10-13(11)20-2)15-12(9-16)19-7-4-3-5-14(19)17-15/h3-5,7,11,13H,6,8-10,16H2,1-2H3. The molecule has 20 heavy (non-hydrogen) atoms. The summed E-state index contributed by atoms with van der Waals surface area (Å²) in [4.78, 5) is 7.06. The second kappa shape index (κ2) is 5.42. The van der Waals surface area contributed by atoms with E-state index < -0.39 is 0 Å². The number of anilines is 1. The molecule has 0 radical (unpaired) electrons. The summed E-state index contributed by atoms with van der Waals surface area (Å²) in [5.41, 5.74) is 7.97. The highest BCUT2D eigenvalue weighted by Gasteiger charge is 2.28. The van der Waals surface area contributed by atoms with E-state index in [0.717, 1.165) is 36.7 Å². The van der Waals surface area contributed by atoms with Gasteiger partial charge in [-0.25, -0.2) is 4.98 Å². The van der Waals surface area contributed by atoms with Crippen molar-refractivity contribution >= 4 is 11.5 Å². The predicted octanol–water partition coefficient (Wildman–Crippen LogP) is 1.65. The molecule has 2 unspecified atom stereocenters. The van der Waals surface area contributed by atoms with Gasteiger partial charge >= 0.3 is 0 Å². The van der Waals surface area contributed by atoms with Crippen LogP contribution < -0.4 is 10.6 Å². The van der Waals surface area contributed by atoms with E-state index in [1.54, 1.807) is 7.11 Å². The van der Waals surface area contributed by atoms with Gasteiger partial charge in [-0.05, 0) is 24.5 Å². The maximum absolute atomic E-state index is 5.94. The second-order valence-electron chi connectivity index (χ2n) is 5.50. The van der Waals surface area contributed by atoms with Crippen LogP contribution in [-0.2, 0) is 11.3 Å². The molecule has 0 spiro atoms. The maximum Gasteiger partial charge on any atom is 0.152 e. The Morgan fingerprint density at radius 2 is 2.30 bits per heavy atom. The van der Waals surface area contributed by atoms with Crippen molar-refractivity contribution in [2.24, 2.45) is 11.7 Å². The van der Waals surface area contributed by atoms with Crippen molar-refractivity contribution in [2.75, 3.05) is 25.1 Å². The zero-order chi connectivity index (χ0) is 14.1. The van der Waals surface area contributed by atoms with E-state index in [1.807, 2.05) is 24.4 Å². The molecule has 1 aliphatic heterocycles. The topological polar surface area (TPSA) is 55.8 Å². The first-order valence-corrected chi connectivity index (χ1v) is 7.18. The van der Waals surface area contributed by atoms with E-state index in [9.17, 15) is 0 Å². The predicted molar refractivity (Wildman–Crippen MR) is 79.9 cm³/mol. The SMILES string of the molecule is COC1CN(c2nc3ccccn3c2CN)CCC1C. The third kappa shape index (κ3) is 2.17. The smallest absolute Gasteiger partial charge is 0.152 e. The zero-order valence-corrected chi connectivity index (χ0v) is 12.1. The van der Waals surface area contributed by atoms with Gasteiger partial charge in [0.2, 0.25) is 0 Å². The molecule has 2 N–H and O–H groups in total. The summed E-state index contributed by atoms with van der Waals surface area (Å²) in [6.07, 6.45) is 3.41. The van der Waals surface area contributed by atoms with E-state index in [1.165, 1.54) is 0 Å². The van der Waals surface area contributed by atoms with Crippen molar-refractivity contribution in [1.29, 1.82) is 0 Å². The number of pyridine rings is 1. The number of hydrogen-bond acceptors (Lipinski definition) is 4. The van der Waals surface area contributed by atoms with E-state index in [0.29, 0.717) is 12.5 Å². The van der Waals surface area contributed by atoms with E-state index in [2.05, 4.69) is 16.2 Å². The van der Waals surface area contributed by atoms with Crippen LogP contribution in [0.5, 0.6) is 0 Å². The maximum atomic E-state index is 5.94. The summed E-state index contributed by atoms with van der Waals surface area (Å²) < 4.78 is 7.67. The molecule has 1 aliphatic rings. The number of methoxy groups -OCH3 is 1. The molecule has 2 aromatic rings. The van der Waals surface area contributed by atoms with Crippen LogP contribution in [0.1, 0.15) is 19.0 Å². The summed E-state index contributed by atoms with van der Waals surface area (Å²) in [5.74, 6) is 1.60. The fraction of sp³-hybridized carbons (Fsp3) is 0.533. The van der Waals surface area contributed by atoms with Gasteiger partial charge in [-0.1, -0.05) is 13.0 Å². The minimum atomic E-state index is 0.263. The first-order valence-electron chi connectivity index (χ1n) is 7.18. The van der Waals surface area contributed by atoms with Gasteiger partial charge in [-0.2, -0.15) is 0 Å². The number of hydrogen-bond donors (Lipinski definition) is 1. The van der Waals surface area contributed by atoms with E-state index >= 15 is 0 Å². The molecular weight excluding hydrogens is 252 g/mol. The molecule has 0 aromatic carbocycles. The zero-order valence-electron chi connectivity index (χ0n) is 12.1. The number of imidazole rings is 1. The summed E-state index contributed by atoms with van der Waals surface area (Å²) in [5, 5.41) is 0. The molecule has 2 aromatic heterocycles. The van der Waals surface area contributed by atoms with Crippen LogP contribution >= 0.6 is 0 Å². The molecule has 5 heteroatoms. The van der Waals surface area contributed by atoms with Crippen molar-refractivity contribution in [1.82, 2.24) is 9.38 Å². The lowest BCUT2D eigenvalue weighted by Crippen LogP contribution is -2.44. The lowest BCUT2D eigenvalue weighted by atomic mass is 9.96. The number of nitrogens with zero attached hydrogens (tertiary/aromatic N) is 3. The molecule has 2 atom stereocenters. The van der Waals surface area contributed by atoms with Crippen LogP contribution in [0.4, 0.5) is 5.82 Å². The number of ether oxygens (including phenoxy) is 1. The fourth-order valence-corrected chi connectivity index (χ4v) is 3.01. The van der Waals surface area contributed by atoms with Gasteiger partial charge in [0.15, 0.2) is 5.82 Å². The lowest BCUT2D eigenvalue weighted by molar-refractivity contribution is 0.0496. The Morgan fingerprint density at radius 3 is 3.05 bits per heavy atom. The summed E-state index contributed by atoms with van der Waals surface area (Å²) >= 11 is 0. The van der Waals surface area contributed by atoms with Crippen LogP contribution in [0.25, 0.3) is 5.65 Å². The molecule has 1 saturated heterocycles. The summed E-state index contributed by atoms with van der Waals surface area (Å²) in [7, 11) is 1.79. The van der Waals surface area contributed by atoms with Crippen molar-refractivity contribution in [3.63, 3.8) is 0 Å². The number of aromatic nitrogens is 2. The van der Waals surface area contributed by atoms with Crippen LogP contribution in [0.3, 0.4) is 0 Å². The quantitative estimate of drug-likeness (QED) is 0.924. The Labute approximate surface area is 119 Å². The summed E-state index contributed by atoms with van der Waals surface area (Å²) in [6.45, 7) is 4.63. The third-order valence-corrected chi connectivity index (χ3v) is 4.29. The Morgan fingerprint density at radius 1 is 1.45 bits per heavy atom. The number of rotatable bonds is 3. The van der Waals surface area contributed by atoms with Crippen LogP contribution in [-0.4, -0.2) is 35.7 Å². The lowest BCUT2D eigenvalue weighted by Gasteiger charge is -2.36. The largest absolute Gasteiger partial charge is 0.379 e. The summed E-state index contributed by atoms with van der Waals surface area (Å²) in [6, 6.07) is 6.03. The first-order chi connectivity index (χ1) is 9.74. The normalized spacial score (nSPS) is 23.4. The van der Waals surface area contributed by atoms with Crippen molar-refractivity contribution in [3.8, 4) is 0 Å². The highest BCUT2D eigenvalue weighted by molar-refractivity contribution is 5.56. The Hall–Kier alpha value is -1.59. The molecule has 3 heterocycles. The molecule has 5 nitrogen and oxygen atoms in total. The number of nitrogens with two attached hydrogens (primary N) is 1. The van der Waals surface area contributed by atoms with Gasteiger partial charge in [0, 0.05) is 32.9 Å². The van der Waals surface area contributed by atoms with Gasteiger partial charge < -0.3 is 19.8 Å². The highest BCUT2D eigenvalue weighted by Crippen LogP contribution is 2.27. The number of piperidine rings is 1. The Kier molecular flexibility index (Phi) is 3.63. The molecule has 0 amide bonds. The van der Waals surface area contributed by atoms with Crippen LogP contribution in [0.2, 0.25) is 0 Å². The molecule has 0 bridgehead atoms. The third-order valence-electron chi connectivity index (χ3n) is 4.29. The van der Waals surface area contributed by atoms with Gasteiger partial charge in [0.1, 0.15) is 5.65 Å². The van der Waals surface area contributed by atoms with Crippen molar-refractivity contribution < 1.29 is 4.74 Å². The van der Waals surface area contributed by atoms with Gasteiger partial charge in [-0.15, -0.1) is 0 Å². The van der Waals surface area contributed by atoms with E-state index in [-0.39, 0.29) is 6.10 Å². The Bertz CT molecular complexity index is 595. The molecular formula is C15H22N4O. The minimum Gasteiger partial charge on any atom is -0.379 e. The van der Waals surface area contributed by atoms with Gasteiger partial charge in [-0.3, -0.25) is 0 Å². The monoisotopic (exact) mass is 274 g/mol. The van der Waals surface area contributed by atoms with Crippen LogP contribution in [0, 0.1) is 5.92 Å². The molecule has 0 saturated carbocycles. The molecule has 108 valence electrons. The van der Waals surface area contributed by atoms with Crippen LogP contribution in [0.15, 0.2) is 24.4 Å². The first kappa shape index (κ1) is 13.4. The van der Waals surface area contributed by atoms with Gasteiger partial charge in [0.05, 0.1) is 11.8 Å². The van der Waals surface area contributed by atoms with E-state index in [4.69, 9.17) is 15.5 Å². The minimum absolute atomic E-state index is 0.263. The average molecular weight is 274 g/mol. The molecule has 3 rings (SSSR count).